The zero-order valence-corrected chi connectivity index (χ0v) is 20.1. The Morgan fingerprint density at radius 1 is 1.12 bits per heavy atom. The van der Waals surface area contributed by atoms with Crippen molar-refractivity contribution in [2.24, 2.45) is 5.92 Å². The van der Waals surface area contributed by atoms with Crippen molar-refractivity contribution in [3.63, 3.8) is 0 Å². The molecule has 3 heterocycles. The molecule has 0 saturated carbocycles. The van der Waals surface area contributed by atoms with E-state index in [0.29, 0.717) is 43.4 Å². The molecular formula is C24H36N4O3S. The number of nitrogens with one attached hydrogen (secondary N) is 1. The van der Waals surface area contributed by atoms with Gasteiger partial charge < -0.3 is 14.8 Å². The molecule has 0 radical (unpaired) electrons. The predicted octanol–water partition coefficient (Wildman–Crippen LogP) is 3.05. The summed E-state index contributed by atoms with van der Waals surface area (Å²) in [4.78, 5) is 15.4. The number of rotatable bonds is 8. The van der Waals surface area contributed by atoms with E-state index in [0.717, 1.165) is 23.9 Å². The number of carbonyl (C=O) groups is 1. The van der Waals surface area contributed by atoms with Crippen molar-refractivity contribution in [1.82, 2.24) is 19.1 Å². The maximum absolute atomic E-state index is 13.2. The summed E-state index contributed by atoms with van der Waals surface area (Å²) in [6, 6.07) is 7.80. The van der Waals surface area contributed by atoms with Crippen LogP contribution in [0.2, 0.25) is 0 Å². The van der Waals surface area contributed by atoms with E-state index in [-0.39, 0.29) is 11.8 Å². The molecule has 0 unspecified atom stereocenters. The van der Waals surface area contributed by atoms with E-state index in [1.807, 2.05) is 18.3 Å². The number of hydrogen-bond donors (Lipinski definition) is 1. The highest BCUT2D eigenvalue weighted by atomic mass is 32.2. The smallest absolute Gasteiger partial charge is 0.243 e. The van der Waals surface area contributed by atoms with Crippen molar-refractivity contribution >= 4 is 26.8 Å². The molecule has 1 aromatic heterocycles. The number of nitrogens with zero attached hydrogens (tertiary/aromatic N) is 3. The molecule has 2 aliphatic heterocycles. The van der Waals surface area contributed by atoms with Gasteiger partial charge in [-0.3, -0.25) is 4.79 Å². The molecular weight excluding hydrogens is 424 g/mol. The summed E-state index contributed by atoms with van der Waals surface area (Å²) in [6.07, 6.45) is 6.63. The monoisotopic (exact) mass is 460 g/mol. The first-order valence-electron chi connectivity index (χ1n) is 12.0. The number of fused-ring (bicyclic) bond motifs is 1. The second-order valence-electron chi connectivity index (χ2n) is 9.17. The third kappa shape index (κ3) is 4.87. The lowest BCUT2D eigenvalue weighted by atomic mass is 9.97. The Balaban J connectivity index is 1.29. The van der Waals surface area contributed by atoms with Gasteiger partial charge >= 0.3 is 0 Å². The first-order valence-corrected chi connectivity index (χ1v) is 13.4. The Labute approximate surface area is 191 Å². The van der Waals surface area contributed by atoms with Gasteiger partial charge in [0.2, 0.25) is 15.9 Å². The van der Waals surface area contributed by atoms with Crippen LogP contribution in [0.4, 0.5) is 0 Å². The number of hydrogen-bond acceptors (Lipinski definition) is 4. The van der Waals surface area contributed by atoms with Crippen LogP contribution >= 0.6 is 0 Å². The Bertz CT molecular complexity index is 1030. The maximum atomic E-state index is 13.2. The summed E-state index contributed by atoms with van der Waals surface area (Å²) < 4.78 is 30.0. The molecule has 1 atom stereocenters. The van der Waals surface area contributed by atoms with Crippen LogP contribution < -0.4 is 5.32 Å². The highest BCUT2D eigenvalue weighted by Crippen LogP contribution is 2.27. The van der Waals surface area contributed by atoms with E-state index in [4.69, 9.17) is 0 Å². The Kier molecular flexibility index (Phi) is 7.22. The molecule has 2 saturated heterocycles. The number of aryl methyl sites for hydroxylation is 1. The molecule has 32 heavy (non-hydrogen) atoms. The summed E-state index contributed by atoms with van der Waals surface area (Å²) >= 11 is 0. The van der Waals surface area contributed by atoms with Crippen molar-refractivity contribution < 1.29 is 13.2 Å². The quantitative estimate of drug-likeness (QED) is 0.657. The van der Waals surface area contributed by atoms with Crippen molar-refractivity contribution in [2.75, 3.05) is 32.7 Å². The average Bonchev–Trinajstić information content (AvgIpc) is 3.48. The van der Waals surface area contributed by atoms with Gasteiger partial charge in [-0.2, -0.15) is 4.31 Å². The van der Waals surface area contributed by atoms with E-state index in [1.54, 1.807) is 12.1 Å². The highest BCUT2D eigenvalue weighted by Gasteiger charge is 2.32. The third-order valence-electron chi connectivity index (χ3n) is 7.17. The molecule has 1 N–H and O–H groups in total. The number of amides is 1. The summed E-state index contributed by atoms with van der Waals surface area (Å²) in [6.45, 7) is 8.94. The molecule has 176 valence electrons. The van der Waals surface area contributed by atoms with E-state index >= 15 is 0 Å². The number of aromatic nitrogens is 1. The number of piperidine rings is 1. The van der Waals surface area contributed by atoms with Crippen LogP contribution in [0, 0.1) is 5.92 Å². The van der Waals surface area contributed by atoms with Crippen LogP contribution in [0.3, 0.4) is 0 Å². The molecule has 1 aromatic carbocycles. The van der Waals surface area contributed by atoms with Crippen LogP contribution in [0.25, 0.3) is 10.9 Å². The molecule has 8 heteroatoms. The minimum atomic E-state index is -3.55. The van der Waals surface area contributed by atoms with Gasteiger partial charge in [-0.1, -0.05) is 0 Å². The van der Waals surface area contributed by atoms with Crippen molar-refractivity contribution in [2.45, 2.75) is 63.4 Å². The zero-order valence-electron chi connectivity index (χ0n) is 19.3. The number of carbonyl (C=O) groups excluding carboxylic acids is 1. The van der Waals surface area contributed by atoms with E-state index in [1.165, 1.54) is 30.2 Å². The van der Waals surface area contributed by atoms with Crippen LogP contribution in [0.5, 0.6) is 0 Å². The molecule has 1 amide bonds. The lowest BCUT2D eigenvalue weighted by molar-refractivity contribution is -0.126. The molecule has 0 bridgehead atoms. The first kappa shape index (κ1) is 23.3. The molecule has 7 nitrogen and oxygen atoms in total. The summed E-state index contributed by atoms with van der Waals surface area (Å²) in [5.74, 6) is -0.0393. The lowest BCUT2D eigenvalue weighted by Gasteiger charge is -2.31. The number of likely N-dealkylation sites (tertiary alicyclic amines) is 1. The van der Waals surface area contributed by atoms with Gasteiger partial charge in [0.15, 0.2) is 0 Å². The SMILES string of the molecule is CCn1ccc2cc(S(=O)(=O)N3CCC(C(=O)NCC[C@@H](C)N4CCCC4)CC3)ccc21. The van der Waals surface area contributed by atoms with Gasteiger partial charge in [-0.05, 0) is 83.3 Å². The normalized spacial score (nSPS) is 20.1. The topological polar surface area (TPSA) is 74.6 Å². The number of sulfonamides is 1. The first-order chi connectivity index (χ1) is 15.4. The van der Waals surface area contributed by atoms with Crippen LogP contribution in [-0.4, -0.2) is 66.9 Å². The maximum Gasteiger partial charge on any atom is 0.243 e. The fourth-order valence-corrected chi connectivity index (χ4v) is 6.54. The highest BCUT2D eigenvalue weighted by molar-refractivity contribution is 7.89. The van der Waals surface area contributed by atoms with Gasteiger partial charge in [0.25, 0.3) is 0 Å². The van der Waals surface area contributed by atoms with Gasteiger partial charge in [0.05, 0.1) is 4.90 Å². The number of benzene rings is 1. The van der Waals surface area contributed by atoms with Crippen molar-refractivity contribution in [3.8, 4) is 0 Å². The molecule has 4 rings (SSSR count). The molecule has 2 fully saturated rings. The standard InChI is InChI=1S/C24H36N4O3S/c1-3-26-15-9-21-18-22(6-7-23(21)26)32(30,31)28-16-10-20(11-17-28)24(29)25-12-8-19(2)27-13-4-5-14-27/h6-7,9,15,18-20H,3-5,8,10-14,16-17H2,1-2H3,(H,25,29)/t19-/m1/s1. The molecule has 2 aromatic rings. The van der Waals surface area contributed by atoms with Gasteiger partial charge in [0.1, 0.15) is 0 Å². The third-order valence-corrected chi connectivity index (χ3v) is 9.07. The second-order valence-corrected chi connectivity index (χ2v) is 11.1. The largest absolute Gasteiger partial charge is 0.356 e. The van der Waals surface area contributed by atoms with E-state index in [2.05, 4.69) is 28.6 Å². The van der Waals surface area contributed by atoms with Crippen LogP contribution in [0.1, 0.15) is 46.0 Å². The molecule has 2 aliphatic rings. The second kappa shape index (κ2) is 9.93. The average molecular weight is 461 g/mol. The van der Waals surface area contributed by atoms with Crippen LogP contribution in [0.15, 0.2) is 35.4 Å². The fraction of sp³-hybridized carbons (Fsp3) is 0.625. The minimum Gasteiger partial charge on any atom is -0.356 e. The Hall–Kier alpha value is -1.90. The molecule has 0 spiro atoms. The Morgan fingerprint density at radius 2 is 1.84 bits per heavy atom. The Morgan fingerprint density at radius 3 is 2.53 bits per heavy atom. The van der Waals surface area contributed by atoms with Gasteiger partial charge in [0, 0.05) is 55.2 Å². The minimum absolute atomic E-state index is 0.0676. The van der Waals surface area contributed by atoms with Gasteiger partial charge in [-0.15, -0.1) is 0 Å². The van der Waals surface area contributed by atoms with Gasteiger partial charge in [-0.25, -0.2) is 8.42 Å². The zero-order chi connectivity index (χ0) is 22.7. The predicted molar refractivity (Wildman–Crippen MR) is 127 cm³/mol. The van der Waals surface area contributed by atoms with Crippen molar-refractivity contribution in [3.05, 3.63) is 30.5 Å². The summed E-state index contributed by atoms with van der Waals surface area (Å²) in [5.41, 5.74) is 1.04. The van der Waals surface area contributed by atoms with E-state index in [9.17, 15) is 13.2 Å². The van der Waals surface area contributed by atoms with Crippen molar-refractivity contribution in [1.29, 1.82) is 0 Å². The van der Waals surface area contributed by atoms with E-state index < -0.39 is 10.0 Å². The molecule has 0 aliphatic carbocycles. The summed E-state index contributed by atoms with van der Waals surface area (Å²) in [7, 11) is -3.55. The van der Waals surface area contributed by atoms with Crippen LogP contribution in [-0.2, 0) is 21.4 Å². The lowest BCUT2D eigenvalue weighted by Crippen LogP contribution is -2.43. The fourth-order valence-electron chi connectivity index (χ4n) is 5.04. The summed E-state index contributed by atoms with van der Waals surface area (Å²) in [5, 5.41) is 4.02.